The summed E-state index contributed by atoms with van der Waals surface area (Å²) in [6, 6.07) is 13.1. The highest BCUT2D eigenvalue weighted by Crippen LogP contribution is 2.21. The van der Waals surface area contributed by atoms with E-state index in [1.54, 1.807) is 7.11 Å². The van der Waals surface area contributed by atoms with Gasteiger partial charge in [0, 0.05) is 17.6 Å². The van der Waals surface area contributed by atoms with Gasteiger partial charge in [-0.05, 0) is 37.3 Å². The highest BCUT2D eigenvalue weighted by Gasteiger charge is 2.13. The summed E-state index contributed by atoms with van der Waals surface area (Å²) in [6.45, 7) is 2.10. The fourth-order valence-corrected chi connectivity index (χ4v) is 2.87. The molecule has 130 valence electrons. The number of methoxy groups -OCH3 is 1. The van der Waals surface area contributed by atoms with Gasteiger partial charge in [0.1, 0.15) is 5.75 Å². The third-order valence-corrected chi connectivity index (χ3v) is 4.25. The minimum Gasteiger partial charge on any atom is -0.497 e. The topological polar surface area (TPSA) is 81.4 Å². The Bertz CT molecular complexity index is 1120. The molecule has 3 aromatic heterocycles. The zero-order chi connectivity index (χ0) is 18.1. The molecule has 1 aromatic carbocycles. The molecular weight excluding hydrogens is 330 g/mol. The number of carbonyl (C=O) groups excluding carboxylic acids is 1. The average Bonchev–Trinajstić information content (AvgIpc) is 3.08. The molecule has 0 aliphatic rings. The van der Waals surface area contributed by atoms with Gasteiger partial charge in [0.2, 0.25) is 0 Å². The molecule has 0 bridgehead atoms. The van der Waals surface area contributed by atoms with Gasteiger partial charge in [-0.1, -0.05) is 6.07 Å². The number of fused-ring (bicyclic) bond motifs is 2. The summed E-state index contributed by atoms with van der Waals surface area (Å²) in [6.07, 6.45) is 1.87. The average molecular weight is 347 g/mol. The zero-order valence-corrected chi connectivity index (χ0v) is 14.4. The number of hydrogen-bond acceptors (Lipinski definition) is 5. The first-order chi connectivity index (χ1) is 12.7. The van der Waals surface area contributed by atoms with Gasteiger partial charge in [-0.15, -0.1) is 10.2 Å². The number of ether oxygens (including phenoxy) is 1. The molecule has 1 N–H and O–H groups in total. The second-order valence-electron chi connectivity index (χ2n) is 5.91. The Labute approximate surface area is 149 Å². The normalized spacial score (nSPS) is 11.0. The molecule has 0 saturated carbocycles. The minimum atomic E-state index is -0.194. The van der Waals surface area contributed by atoms with E-state index in [0.717, 1.165) is 22.3 Å². The fourth-order valence-electron chi connectivity index (χ4n) is 2.87. The van der Waals surface area contributed by atoms with Crippen molar-refractivity contribution in [2.24, 2.45) is 0 Å². The van der Waals surface area contributed by atoms with Gasteiger partial charge in [0.05, 0.1) is 30.4 Å². The van der Waals surface area contributed by atoms with Crippen LogP contribution in [0.1, 0.15) is 21.9 Å². The van der Waals surface area contributed by atoms with Crippen LogP contribution >= 0.6 is 0 Å². The van der Waals surface area contributed by atoms with Crippen molar-refractivity contribution in [3.63, 3.8) is 0 Å². The number of rotatable bonds is 4. The van der Waals surface area contributed by atoms with E-state index in [1.807, 2.05) is 60.0 Å². The predicted octanol–water partition coefficient (Wildman–Crippen LogP) is 2.52. The smallest absolute Gasteiger partial charge is 0.253 e. The van der Waals surface area contributed by atoms with Crippen LogP contribution in [0.15, 0.2) is 48.7 Å². The lowest BCUT2D eigenvalue weighted by atomic mass is 10.1. The Kier molecular flexibility index (Phi) is 3.96. The molecule has 26 heavy (non-hydrogen) atoms. The summed E-state index contributed by atoms with van der Waals surface area (Å²) < 4.78 is 7.07. The van der Waals surface area contributed by atoms with Crippen LogP contribution < -0.4 is 10.1 Å². The second-order valence-corrected chi connectivity index (χ2v) is 5.91. The van der Waals surface area contributed by atoms with Gasteiger partial charge in [0.15, 0.2) is 11.5 Å². The van der Waals surface area contributed by atoms with Gasteiger partial charge >= 0.3 is 0 Å². The van der Waals surface area contributed by atoms with Gasteiger partial charge in [0.25, 0.3) is 5.91 Å². The zero-order valence-electron chi connectivity index (χ0n) is 14.4. The van der Waals surface area contributed by atoms with E-state index in [-0.39, 0.29) is 12.5 Å². The summed E-state index contributed by atoms with van der Waals surface area (Å²) >= 11 is 0. The first-order valence-electron chi connectivity index (χ1n) is 8.18. The van der Waals surface area contributed by atoms with Crippen LogP contribution in [0.2, 0.25) is 0 Å². The maximum Gasteiger partial charge on any atom is 0.253 e. The number of amides is 1. The maximum absolute atomic E-state index is 12.6. The first kappa shape index (κ1) is 16.0. The van der Waals surface area contributed by atoms with E-state index in [0.29, 0.717) is 17.1 Å². The number of pyridine rings is 2. The summed E-state index contributed by atoms with van der Waals surface area (Å²) in [4.78, 5) is 17.2. The highest BCUT2D eigenvalue weighted by molar-refractivity contribution is 5.98. The molecule has 0 unspecified atom stereocenters. The molecule has 3 heterocycles. The maximum atomic E-state index is 12.6. The molecular formula is C19H17N5O2. The Morgan fingerprint density at radius 1 is 1.19 bits per heavy atom. The van der Waals surface area contributed by atoms with Crippen molar-refractivity contribution in [3.8, 4) is 5.75 Å². The lowest BCUT2D eigenvalue weighted by molar-refractivity contribution is 0.0949. The van der Waals surface area contributed by atoms with Crippen molar-refractivity contribution in [1.29, 1.82) is 0 Å². The van der Waals surface area contributed by atoms with Crippen LogP contribution in [0.25, 0.3) is 16.6 Å². The van der Waals surface area contributed by atoms with Crippen LogP contribution in [-0.2, 0) is 6.54 Å². The lowest BCUT2D eigenvalue weighted by Gasteiger charge is -2.09. The third kappa shape index (κ3) is 2.83. The Balaban J connectivity index is 1.58. The standard InChI is InChI=1S/C19H17N5O2/c1-12-15(9-13-6-7-14(26-2)10-16(13)21-12)19(25)20-11-18-23-22-17-5-3-4-8-24(17)18/h3-10H,11H2,1-2H3,(H,20,25). The number of aromatic nitrogens is 4. The highest BCUT2D eigenvalue weighted by atomic mass is 16.5. The molecule has 0 fully saturated rings. The largest absolute Gasteiger partial charge is 0.497 e. The van der Waals surface area contributed by atoms with Gasteiger partial charge < -0.3 is 10.1 Å². The van der Waals surface area contributed by atoms with Crippen molar-refractivity contribution in [1.82, 2.24) is 24.9 Å². The van der Waals surface area contributed by atoms with Crippen molar-refractivity contribution < 1.29 is 9.53 Å². The molecule has 0 atom stereocenters. The van der Waals surface area contributed by atoms with Gasteiger partial charge in [-0.25, -0.2) is 0 Å². The summed E-state index contributed by atoms with van der Waals surface area (Å²) in [5.41, 5.74) is 2.74. The molecule has 0 aliphatic carbocycles. The third-order valence-electron chi connectivity index (χ3n) is 4.25. The molecule has 4 rings (SSSR count). The van der Waals surface area contributed by atoms with E-state index in [4.69, 9.17) is 4.74 Å². The molecule has 7 nitrogen and oxygen atoms in total. The quantitative estimate of drug-likeness (QED) is 0.613. The van der Waals surface area contributed by atoms with E-state index < -0.39 is 0 Å². The van der Waals surface area contributed by atoms with E-state index in [9.17, 15) is 4.79 Å². The monoisotopic (exact) mass is 347 g/mol. The number of hydrogen-bond donors (Lipinski definition) is 1. The summed E-state index contributed by atoms with van der Waals surface area (Å²) in [7, 11) is 1.62. The molecule has 7 heteroatoms. The molecule has 0 aliphatic heterocycles. The van der Waals surface area contributed by atoms with Crippen LogP contribution in [0.4, 0.5) is 0 Å². The molecule has 1 amide bonds. The van der Waals surface area contributed by atoms with E-state index >= 15 is 0 Å². The van der Waals surface area contributed by atoms with Crippen molar-refractivity contribution >= 4 is 22.5 Å². The van der Waals surface area contributed by atoms with Crippen molar-refractivity contribution in [2.45, 2.75) is 13.5 Å². The fraction of sp³-hybridized carbons (Fsp3) is 0.158. The molecule has 0 saturated heterocycles. The van der Waals surface area contributed by atoms with Crippen molar-refractivity contribution in [3.05, 3.63) is 65.7 Å². The lowest BCUT2D eigenvalue weighted by Crippen LogP contribution is -2.25. The van der Waals surface area contributed by atoms with Crippen LogP contribution in [0, 0.1) is 6.92 Å². The second kappa shape index (κ2) is 6.44. The predicted molar refractivity (Wildman–Crippen MR) is 97.2 cm³/mol. The van der Waals surface area contributed by atoms with Gasteiger partial charge in [-0.3, -0.25) is 14.2 Å². The number of nitrogens with zero attached hydrogens (tertiary/aromatic N) is 4. The van der Waals surface area contributed by atoms with Crippen LogP contribution in [0.5, 0.6) is 5.75 Å². The SMILES string of the molecule is COc1ccc2cc(C(=O)NCc3nnc4ccccn34)c(C)nc2c1. The molecule has 0 radical (unpaired) electrons. The van der Waals surface area contributed by atoms with Crippen molar-refractivity contribution in [2.75, 3.05) is 7.11 Å². The summed E-state index contributed by atoms with van der Waals surface area (Å²) in [5, 5.41) is 12.0. The number of carbonyl (C=O) groups is 1. The molecule has 4 aromatic rings. The number of benzene rings is 1. The number of nitrogens with one attached hydrogen (secondary N) is 1. The van der Waals surface area contributed by atoms with Gasteiger partial charge in [-0.2, -0.15) is 0 Å². The first-order valence-corrected chi connectivity index (χ1v) is 8.18. The van der Waals surface area contributed by atoms with E-state index in [2.05, 4.69) is 20.5 Å². The van der Waals surface area contributed by atoms with Crippen LogP contribution in [-0.4, -0.2) is 32.6 Å². The number of aryl methyl sites for hydroxylation is 1. The Morgan fingerprint density at radius 3 is 2.92 bits per heavy atom. The summed E-state index contributed by atoms with van der Waals surface area (Å²) in [5.74, 6) is 1.21. The molecule has 0 spiro atoms. The van der Waals surface area contributed by atoms with Crippen LogP contribution in [0.3, 0.4) is 0 Å². The Morgan fingerprint density at radius 2 is 2.08 bits per heavy atom. The van der Waals surface area contributed by atoms with E-state index in [1.165, 1.54) is 0 Å². The minimum absolute atomic E-state index is 0.194. The Hall–Kier alpha value is -3.48.